The molecule has 1 aliphatic rings. The minimum Gasteiger partial charge on any atom is -0.497 e. The maximum Gasteiger partial charge on any atom is 0.182 e. The third-order valence-electron chi connectivity index (χ3n) is 4.43. The number of hydrogen-bond donors (Lipinski definition) is 0. The first-order valence-corrected chi connectivity index (χ1v) is 8.93. The van der Waals surface area contributed by atoms with E-state index in [4.69, 9.17) is 14.8 Å². The van der Waals surface area contributed by atoms with Gasteiger partial charge in [0, 0.05) is 16.5 Å². The molecule has 4 nitrogen and oxygen atoms in total. The van der Waals surface area contributed by atoms with Crippen LogP contribution in [0.1, 0.15) is 31.7 Å². The second-order valence-corrected chi connectivity index (χ2v) is 6.66. The molecule has 23 heavy (non-hydrogen) atoms. The van der Waals surface area contributed by atoms with E-state index in [2.05, 4.69) is 33.6 Å². The highest BCUT2D eigenvalue weighted by Crippen LogP contribution is 2.34. The van der Waals surface area contributed by atoms with Gasteiger partial charge < -0.3 is 4.74 Å². The van der Waals surface area contributed by atoms with Crippen LogP contribution >= 0.6 is 11.3 Å². The fraction of sp³-hybridized carbons (Fsp3) is 0.333. The lowest BCUT2D eigenvalue weighted by Gasteiger charge is -2.12. The third kappa shape index (κ3) is 2.77. The lowest BCUT2D eigenvalue weighted by atomic mass is 10.2. The van der Waals surface area contributed by atoms with Gasteiger partial charge in [-0.3, -0.25) is 0 Å². The van der Waals surface area contributed by atoms with Crippen molar-refractivity contribution in [1.82, 2.24) is 14.8 Å². The van der Waals surface area contributed by atoms with E-state index in [0.717, 1.165) is 28.5 Å². The van der Waals surface area contributed by atoms with Crippen molar-refractivity contribution in [2.24, 2.45) is 0 Å². The van der Waals surface area contributed by atoms with Gasteiger partial charge in [-0.25, -0.2) is 9.67 Å². The molecule has 2 aromatic heterocycles. The van der Waals surface area contributed by atoms with Crippen molar-refractivity contribution >= 4 is 11.3 Å². The Morgan fingerprint density at radius 1 is 1.09 bits per heavy atom. The van der Waals surface area contributed by atoms with E-state index in [1.54, 1.807) is 18.4 Å². The first-order chi connectivity index (χ1) is 11.3. The molecule has 0 bridgehead atoms. The number of thiophene rings is 1. The van der Waals surface area contributed by atoms with Crippen molar-refractivity contribution in [1.29, 1.82) is 0 Å². The Balaban J connectivity index is 1.79. The summed E-state index contributed by atoms with van der Waals surface area (Å²) in [5.41, 5.74) is 2.19. The Morgan fingerprint density at radius 2 is 1.87 bits per heavy atom. The fourth-order valence-electron chi connectivity index (χ4n) is 3.18. The molecule has 0 N–H and O–H groups in total. The standard InChI is InChI=1S/C18H19N3OS/c1-22-16-8-6-13(7-9-16)18-19-17(14-10-11-23-12-14)20-21(18)15-4-2-3-5-15/h6-12,15H,2-5H2,1H3. The molecule has 0 atom stereocenters. The minimum absolute atomic E-state index is 0.465. The zero-order chi connectivity index (χ0) is 15.6. The molecular formula is C18H19N3OS. The van der Waals surface area contributed by atoms with Gasteiger partial charge in [-0.2, -0.15) is 16.4 Å². The van der Waals surface area contributed by atoms with Gasteiger partial charge in [-0.1, -0.05) is 12.8 Å². The summed E-state index contributed by atoms with van der Waals surface area (Å²) in [6.07, 6.45) is 4.94. The molecule has 5 heteroatoms. The van der Waals surface area contributed by atoms with Crippen LogP contribution in [0.5, 0.6) is 5.75 Å². The van der Waals surface area contributed by atoms with Gasteiger partial charge in [0.2, 0.25) is 0 Å². The van der Waals surface area contributed by atoms with Crippen molar-refractivity contribution in [2.75, 3.05) is 7.11 Å². The van der Waals surface area contributed by atoms with Gasteiger partial charge in [0.15, 0.2) is 11.6 Å². The van der Waals surface area contributed by atoms with Gasteiger partial charge in [0.25, 0.3) is 0 Å². The molecule has 0 radical (unpaired) electrons. The van der Waals surface area contributed by atoms with Crippen molar-refractivity contribution in [3.05, 3.63) is 41.1 Å². The summed E-state index contributed by atoms with van der Waals surface area (Å²) >= 11 is 1.68. The van der Waals surface area contributed by atoms with E-state index < -0.39 is 0 Å². The summed E-state index contributed by atoms with van der Waals surface area (Å²) in [5, 5.41) is 9.01. The monoisotopic (exact) mass is 325 g/mol. The third-order valence-corrected chi connectivity index (χ3v) is 5.11. The first kappa shape index (κ1) is 14.5. The highest BCUT2D eigenvalue weighted by Gasteiger charge is 2.23. The van der Waals surface area contributed by atoms with Gasteiger partial charge in [0.05, 0.1) is 13.2 Å². The lowest BCUT2D eigenvalue weighted by Crippen LogP contribution is -2.08. The molecule has 1 saturated carbocycles. The van der Waals surface area contributed by atoms with Crippen LogP contribution in [-0.2, 0) is 0 Å². The maximum absolute atomic E-state index is 5.26. The summed E-state index contributed by atoms with van der Waals surface area (Å²) in [6, 6.07) is 10.6. The van der Waals surface area contributed by atoms with Crippen LogP contribution in [0.15, 0.2) is 41.1 Å². The average molecular weight is 325 g/mol. The quantitative estimate of drug-likeness (QED) is 0.692. The first-order valence-electron chi connectivity index (χ1n) is 7.98. The van der Waals surface area contributed by atoms with Crippen molar-refractivity contribution in [2.45, 2.75) is 31.7 Å². The molecule has 0 amide bonds. The Labute approximate surface area is 139 Å². The number of ether oxygens (including phenoxy) is 1. The van der Waals surface area contributed by atoms with E-state index in [1.165, 1.54) is 25.7 Å². The highest BCUT2D eigenvalue weighted by molar-refractivity contribution is 7.08. The molecule has 1 aliphatic carbocycles. The molecular weight excluding hydrogens is 306 g/mol. The minimum atomic E-state index is 0.465. The van der Waals surface area contributed by atoms with Gasteiger partial charge in [-0.05, 0) is 48.6 Å². The molecule has 1 aromatic carbocycles. The summed E-state index contributed by atoms with van der Waals surface area (Å²) in [5.74, 6) is 2.64. The van der Waals surface area contributed by atoms with E-state index in [0.29, 0.717) is 6.04 Å². The van der Waals surface area contributed by atoms with Gasteiger partial charge >= 0.3 is 0 Å². The Kier molecular flexibility index (Phi) is 3.87. The SMILES string of the molecule is COc1ccc(-c2nc(-c3ccsc3)nn2C2CCCC2)cc1. The number of rotatable bonds is 4. The Hall–Kier alpha value is -2.14. The van der Waals surface area contributed by atoms with Crippen LogP contribution in [0.4, 0.5) is 0 Å². The fourth-order valence-corrected chi connectivity index (χ4v) is 3.81. The number of nitrogens with zero attached hydrogens (tertiary/aromatic N) is 3. The van der Waals surface area contributed by atoms with Crippen LogP contribution in [0.25, 0.3) is 22.8 Å². The Bertz CT molecular complexity index is 771. The van der Waals surface area contributed by atoms with Crippen LogP contribution in [0.3, 0.4) is 0 Å². The second-order valence-electron chi connectivity index (χ2n) is 5.88. The van der Waals surface area contributed by atoms with Crippen LogP contribution < -0.4 is 4.74 Å². The topological polar surface area (TPSA) is 39.9 Å². The summed E-state index contributed by atoms with van der Waals surface area (Å²) in [4.78, 5) is 4.84. The lowest BCUT2D eigenvalue weighted by molar-refractivity contribution is 0.415. The molecule has 0 saturated heterocycles. The van der Waals surface area contributed by atoms with Gasteiger partial charge in [-0.15, -0.1) is 0 Å². The van der Waals surface area contributed by atoms with Crippen LogP contribution in [-0.4, -0.2) is 21.9 Å². The number of aromatic nitrogens is 3. The summed E-state index contributed by atoms with van der Waals surface area (Å²) in [7, 11) is 1.69. The average Bonchev–Trinajstić information content (AvgIpc) is 3.34. The van der Waals surface area contributed by atoms with E-state index in [9.17, 15) is 0 Å². The summed E-state index contributed by atoms with van der Waals surface area (Å²) < 4.78 is 7.40. The molecule has 118 valence electrons. The molecule has 0 unspecified atom stereocenters. The van der Waals surface area contributed by atoms with E-state index in [1.807, 2.05) is 12.1 Å². The predicted octanol–water partition coefficient (Wildman–Crippen LogP) is 4.80. The van der Waals surface area contributed by atoms with Crippen LogP contribution in [0, 0.1) is 0 Å². The second kappa shape index (κ2) is 6.16. The van der Waals surface area contributed by atoms with E-state index >= 15 is 0 Å². The number of methoxy groups -OCH3 is 1. The number of hydrogen-bond acceptors (Lipinski definition) is 4. The Morgan fingerprint density at radius 3 is 2.52 bits per heavy atom. The van der Waals surface area contributed by atoms with E-state index in [-0.39, 0.29) is 0 Å². The van der Waals surface area contributed by atoms with Crippen molar-refractivity contribution in [3.63, 3.8) is 0 Å². The highest BCUT2D eigenvalue weighted by atomic mass is 32.1. The van der Waals surface area contributed by atoms with Crippen LogP contribution in [0.2, 0.25) is 0 Å². The largest absolute Gasteiger partial charge is 0.497 e. The number of benzene rings is 1. The predicted molar refractivity (Wildman–Crippen MR) is 92.8 cm³/mol. The smallest absolute Gasteiger partial charge is 0.182 e. The molecule has 1 fully saturated rings. The summed E-state index contributed by atoms with van der Waals surface area (Å²) in [6.45, 7) is 0. The zero-order valence-electron chi connectivity index (χ0n) is 13.1. The zero-order valence-corrected chi connectivity index (χ0v) is 13.9. The normalized spacial score (nSPS) is 15.2. The molecule has 2 heterocycles. The molecule has 0 aliphatic heterocycles. The van der Waals surface area contributed by atoms with Crippen molar-refractivity contribution in [3.8, 4) is 28.5 Å². The molecule has 3 aromatic rings. The van der Waals surface area contributed by atoms with Gasteiger partial charge in [0.1, 0.15) is 5.75 Å². The molecule has 4 rings (SSSR count). The maximum atomic E-state index is 5.26. The molecule has 0 spiro atoms. The van der Waals surface area contributed by atoms with Crippen molar-refractivity contribution < 1.29 is 4.74 Å².